The quantitative estimate of drug-likeness (QED) is 0.663. The number of hydrogen-bond donors (Lipinski definition) is 2. The first-order chi connectivity index (χ1) is 13.0. The maximum absolute atomic E-state index is 12.0. The van der Waals surface area contributed by atoms with Gasteiger partial charge in [-0.25, -0.2) is 9.78 Å². The number of aromatic amines is 2. The van der Waals surface area contributed by atoms with Crippen LogP contribution in [0.1, 0.15) is 29.2 Å². The molecule has 0 unspecified atom stereocenters. The third-order valence-electron chi connectivity index (χ3n) is 4.36. The lowest BCUT2D eigenvalue weighted by atomic mass is 10.1. The van der Waals surface area contributed by atoms with E-state index in [9.17, 15) is 9.59 Å². The van der Waals surface area contributed by atoms with Gasteiger partial charge in [-0.15, -0.1) is 10.2 Å². The zero-order valence-electron chi connectivity index (χ0n) is 14.3. The van der Waals surface area contributed by atoms with E-state index in [0.717, 1.165) is 23.2 Å². The number of pyridine rings is 1. The molecule has 3 aromatic heterocycles. The molecule has 2 atom stereocenters. The van der Waals surface area contributed by atoms with Crippen LogP contribution in [0, 0.1) is 24.7 Å². The first kappa shape index (κ1) is 17.2. The maximum atomic E-state index is 12.0. The lowest BCUT2D eigenvalue weighted by molar-refractivity contribution is 0.953. The summed E-state index contributed by atoms with van der Waals surface area (Å²) in [5.74, 6) is 6.57. The van der Waals surface area contributed by atoms with Gasteiger partial charge < -0.3 is 4.98 Å². The number of aryl methyl sites for hydroxylation is 1. The normalized spacial score (nSPS) is 17.9. The predicted octanol–water partition coefficient (Wildman–Crippen LogP) is 2.03. The van der Waals surface area contributed by atoms with Gasteiger partial charge in [-0.1, -0.05) is 23.6 Å². The fourth-order valence-corrected chi connectivity index (χ4v) is 3.02. The second kappa shape index (κ2) is 6.82. The molecule has 3 aromatic rings. The standard InChI is InChI=1S/C19H14ClN5O2/c1-10-2-4-12(21-8-10)5-3-11-6-13(11)14-7-16(24-25-17(14)20)15-9-22-19(27)23-18(15)26/h2,4,7-9,11,13H,6H2,1H3,(H2,22,23,26,27)/t11-,13-/m0/s1. The van der Waals surface area contributed by atoms with E-state index in [0.29, 0.717) is 10.8 Å². The molecule has 0 aliphatic heterocycles. The molecule has 0 aromatic carbocycles. The number of rotatable bonds is 2. The second-order valence-electron chi connectivity index (χ2n) is 6.40. The van der Waals surface area contributed by atoms with Gasteiger partial charge in [-0.05, 0) is 42.5 Å². The van der Waals surface area contributed by atoms with Crippen LogP contribution in [0.4, 0.5) is 0 Å². The molecule has 4 rings (SSSR count). The van der Waals surface area contributed by atoms with Crippen LogP contribution in [0.2, 0.25) is 5.15 Å². The summed E-state index contributed by atoms with van der Waals surface area (Å²) in [6.07, 6.45) is 3.95. The van der Waals surface area contributed by atoms with E-state index < -0.39 is 11.2 Å². The average molecular weight is 380 g/mol. The van der Waals surface area contributed by atoms with Crippen molar-refractivity contribution in [3.63, 3.8) is 0 Å². The van der Waals surface area contributed by atoms with Crippen LogP contribution >= 0.6 is 11.6 Å². The summed E-state index contributed by atoms with van der Waals surface area (Å²) in [5, 5.41) is 8.21. The first-order valence-corrected chi connectivity index (χ1v) is 8.69. The molecule has 134 valence electrons. The summed E-state index contributed by atoms with van der Waals surface area (Å²) in [6.45, 7) is 1.98. The summed E-state index contributed by atoms with van der Waals surface area (Å²) in [6, 6.07) is 5.59. The van der Waals surface area contributed by atoms with E-state index in [1.165, 1.54) is 6.20 Å². The van der Waals surface area contributed by atoms with Crippen molar-refractivity contribution in [2.45, 2.75) is 19.3 Å². The number of nitrogens with one attached hydrogen (secondary N) is 2. The lowest BCUT2D eigenvalue weighted by Gasteiger charge is -2.04. The molecule has 3 heterocycles. The van der Waals surface area contributed by atoms with Crippen LogP contribution in [0.5, 0.6) is 0 Å². The Hall–Kier alpha value is -3.24. The molecule has 0 radical (unpaired) electrons. The molecule has 7 nitrogen and oxygen atoms in total. The van der Waals surface area contributed by atoms with E-state index in [4.69, 9.17) is 11.6 Å². The van der Waals surface area contributed by atoms with Crippen molar-refractivity contribution in [1.82, 2.24) is 25.1 Å². The fraction of sp³-hybridized carbons (Fsp3) is 0.211. The van der Waals surface area contributed by atoms with Crippen molar-refractivity contribution in [1.29, 1.82) is 0 Å². The highest BCUT2D eigenvalue weighted by atomic mass is 35.5. The summed E-state index contributed by atoms with van der Waals surface area (Å²) >= 11 is 6.21. The average Bonchev–Trinajstić information content (AvgIpc) is 3.41. The van der Waals surface area contributed by atoms with Gasteiger partial charge in [-0.3, -0.25) is 9.78 Å². The van der Waals surface area contributed by atoms with E-state index in [2.05, 4.69) is 37.0 Å². The van der Waals surface area contributed by atoms with Crippen molar-refractivity contribution in [3.8, 4) is 23.1 Å². The van der Waals surface area contributed by atoms with Gasteiger partial charge in [0, 0.05) is 24.2 Å². The minimum atomic E-state index is -0.576. The molecule has 0 bridgehead atoms. The Bertz CT molecular complexity index is 1190. The summed E-state index contributed by atoms with van der Waals surface area (Å²) in [5.41, 5.74) is 2.09. The van der Waals surface area contributed by atoms with E-state index in [-0.39, 0.29) is 17.4 Å². The molecule has 0 saturated heterocycles. The van der Waals surface area contributed by atoms with Crippen molar-refractivity contribution in [3.05, 3.63) is 73.4 Å². The molecular weight excluding hydrogens is 366 g/mol. The Labute approximate surface area is 158 Å². The largest absolute Gasteiger partial charge is 0.325 e. The molecule has 8 heteroatoms. The Morgan fingerprint density at radius 2 is 2.11 bits per heavy atom. The molecule has 1 aliphatic carbocycles. The molecule has 1 fully saturated rings. The molecule has 0 amide bonds. The Balaban J connectivity index is 1.59. The molecule has 0 spiro atoms. The van der Waals surface area contributed by atoms with Crippen LogP contribution in [0.3, 0.4) is 0 Å². The number of halogens is 1. The highest BCUT2D eigenvalue weighted by molar-refractivity contribution is 6.30. The number of H-pyrrole nitrogens is 2. The van der Waals surface area contributed by atoms with E-state index in [1.807, 2.05) is 19.1 Å². The van der Waals surface area contributed by atoms with Gasteiger partial charge in [0.15, 0.2) is 5.15 Å². The molecule has 1 saturated carbocycles. The van der Waals surface area contributed by atoms with Gasteiger partial charge in [0.1, 0.15) is 11.4 Å². The van der Waals surface area contributed by atoms with Crippen molar-refractivity contribution >= 4 is 11.6 Å². The van der Waals surface area contributed by atoms with Crippen LogP contribution in [0.25, 0.3) is 11.3 Å². The summed E-state index contributed by atoms with van der Waals surface area (Å²) in [4.78, 5) is 32.0. The zero-order valence-corrected chi connectivity index (χ0v) is 15.0. The molecular formula is C19H14ClN5O2. The number of hydrogen-bond acceptors (Lipinski definition) is 5. The van der Waals surface area contributed by atoms with Crippen LogP contribution < -0.4 is 11.2 Å². The number of nitrogens with zero attached hydrogens (tertiary/aromatic N) is 3. The third-order valence-corrected chi connectivity index (χ3v) is 4.65. The third kappa shape index (κ3) is 3.66. The van der Waals surface area contributed by atoms with Crippen LogP contribution in [-0.4, -0.2) is 25.1 Å². The van der Waals surface area contributed by atoms with Gasteiger partial charge >= 0.3 is 5.69 Å². The smallest absolute Gasteiger partial charge is 0.313 e. The fourth-order valence-electron chi connectivity index (χ4n) is 2.79. The molecule has 27 heavy (non-hydrogen) atoms. The predicted molar refractivity (Wildman–Crippen MR) is 100 cm³/mol. The zero-order chi connectivity index (χ0) is 19.0. The van der Waals surface area contributed by atoms with Gasteiger partial charge in [0.2, 0.25) is 0 Å². The highest BCUT2D eigenvalue weighted by Gasteiger charge is 2.39. The van der Waals surface area contributed by atoms with Gasteiger partial charge in [0.05, 0.1) is 5.56 Å². The van der Waals surface area contributed by atoms with Crippen LogP contribution in [0.15, 0.2) is 40.2 Å². The molecule has 2 N–H and O–H groups in total. The Morgan fingerprint density at radius 3 is 2.85 bits per heavy atom. The second-order valence-corrected chi connectivity index (χ2v) is 6.76. The monoisotopic (exact) mass is 379 g/mol. The van der Waals surface area contributed by atoms with E-state index in [1.54, 1.807) is 12.3 Å². The van der Waals surface area contributed by atoms with Crippen molar-refractivity contribution in [2.24, 2.45) is 5.92 Å². The summed E-state index contributed by atoms with van der Waals surface area (Å²) < 4.78 is 0. The summed E-state index contributed by atoms with van der Waals surface area (Å²) in [7, 11) is 0. The van der Waals surface area contributed by atoms with E-state index >= 15 is 0 Å². The minimum absolute atomic E-state index is 0.131. The van der Waals surface area contributed by atoms with Gasteiger partial charge in [0.25, 0.3) is 5.56 Å². The Kier molecular flexibility index (Phi) is 4.34. The van der Waals surface area contributed by atoms with Crippen molar-refractivity contribution in [2.75, 3.05) is 0 Å². The molecule has 1 aliphatic rings. The Morgan fingerprint density at radius 1 is 1.26 bits per heavy atom. The lowest BCUT2D eigenvalue weighted by Crippen LogP contribution is -2.23. The SMILES string of the molecule is Cc1ccc(C#C[C@H]2C[C@@H]2c2cc(-c3c[nH]c(=O)[nH]c3=O)nnc2Cl)nc1. The van der Waals surface area contributed by atoms with Gasteiger partial charge in [-0.2, -0.15) is 0 Å². The topological polar surface area (TPSA) is 104 Å². The number of aromatic nitrogens is 5. The van der Waals surface area contributed by atoms with Crippen molar-refractivity contribution < 1.29 is 0 Å². The first-order valence-electron chi connectivity index (χ1n) is 8.31. The minimum Gasteiger partial charge on any atom is -0.313 e. The maximum Gasteiger partial charge on any atom is 0.325 e. The van der Waals surface area contributed by atoms with Crippen LogP contribution in [-0.2, 0) is 0 Å². The highest BCUT2D eigenvalue weighted by Crippen LogP contribution is 2.49.